The van der Waals surface area contributed by atoms with Crippen molar-refractivity contribution in [3.63, 3.8) is 0 Å². The zero-order valence-corrected chi connectivity index (χ0v) is 4.65. The number of rotatable bonds is 0. The Morgan fingerprint density at radius 2 is 2.25 bits per heavy atom. The zero-order chi connectivity index (χ0) is 5.61. The molecule has 0 radical (unpaired) electrons. The van der Waals surface area contributed by atoms with Crippen molar-refractivity contribution in [2.45, 2.75) is 24.7 Å². The highest BCUT2D eigenvalue weighted by Gasteiger charge is 2.47. The van der Waals surface area contributed by atoms with Gasteiger partial charge in [-0.25, -0.2) is 0 Å². The van der Waals surface area contributed by atoms with Crippen LogP contribution in [0.1, 0.15) is 12.8 Å². The van der Waals surface area contributed by atoms with Gasteiger partial charge >= 0.3 is 0 Å². The molecule has 3 heteroatoms. The number of aliphatic hydroxyl groups is 1. The fourth-order valence-corrected chi connectivity index (χ4v) is 1.16. The summed E-state index contributed by atoms with van der Waals surface area (Å²) in [5.74, 6) is 0. The van der Waals surface area contributed by atoms with Crippen molar-refractivity contribution in [2.24, 2.45) is 0 Å². The van der Waals surface area contributed by atoms with E-state index in [0.29, 0.717) is 6.54 Å². The highest BCUT2D eigenvalue weighted by Crippen LogP contribution is 2.34. The van der Waals surface area contributed by atoms with Gasteiger partial charge in [0.05, 0.1) is 5.66 Å². The van der Waals surface area contributed by atoms with Crippen molar-refractivity contribution in [1.29, 1.82) is 0 Å². The molecule has 1 saturated heterocycles. The average molecular weight is 114 g/mol. The second-order valence-electron chi connectivity index (χ2n) is 2.62. The van der Waals surface area contributed by atoms with E-state index in [1.165, 1.54) is 12.8 Å². The van der Waals surface area contributed by atoms with Gasteiger partial charge in [-0.3, -0.25) is 10.6 Å². The molecule has 1 aliphatic heterocycles. The third-order valence-electron chi connectivity index (χ3n) is 1.83. The molecular formula is C5H10N2O. The minimum atomic E-state index is -0.308. The van der Waals surface area contributed by atoms with E-state index < -0.39 is 0 Å². The third kappa shape index (κ3) is 0.555. The molecule has 2 fully saturated rings. The minimum absolute atomic E-state index is 0.166. The van der Waals surface area contributed by atoms with E-state index in [4.69, 9.17) is 5.11 Å². The van der Waals surface area contributed by atoms with Crippen molar-refractivity contribution in [1.82, 2.24) is 10.6 Å². The third-order valence-corrected chi connectivity index (χ3v) is 1.83. The van der Waals surface area contributed by atoms with Gasteiger partial charge in [0.2, 0.25) is 0 Å². The van der Waals surface area contributed by atoms with Gasteiger partial charge < -0.3 is 5.11 Å². The topological polar surface area (TPSA) is 44.3 Å². The van der Waals surface area contributed by atoms with Crippen molar-refractivity contribution in [2.75, 3.05) is 6.54 Å². The highest BCUT2D eigenvalue weighted by atomic mass is 16.3. The molecule has 8 heavy (non-hydrogen) atoms. The molecule has 1 atom stereocenters. The van der Waals surface area contributed by atoms with Crippen LogP contribution in [0.4, 0.5) is 0 Å². The molecule has 1 saturated carbocycles. The van der Waals surface area contributed by atoms with E-state index in [9.17, 15) is 0 Å². The molecule has 1 aliphatic carbocycles. The van der Waals surface area contributed by atoms with Crippen LogP contribution in [0, 0.1) is 0 Å². The average Bonchev–Trinajstić information content (AvgIpc) is 2.34. The first kappa shape index (κ1) is 4.73. The lowest BCUT2D eigenvalue weighted by atomic mass is 10.5. The van der Waals surface area contributed by atoms with Crippen LogP contribution in [0.5, 0.6) is 0 Å². The summed E-state index contributed by atoms with van der Waals surface area (Å²) in [6.45, 7) is 0.708. The van der Waals surface area contributed by atoms with Crippen molar-refractivity contribution < 1.29 is 5.11 Å². The maximum Gasteiger partial charge on any atom is 0.118 e. The van der Waals surface area contributed by atoms with Crippen LogP contribution in [0.3, 0.4) is 0 Å². The zero-order valence-electron chi connectivity index (χ0n) is 4.65. The van der Waals surface area contributed by atoms with Gasteiger partial charge in [0.15, 0.2) is 0 Å². The Morgan fingerprint density at radius 3 is 2.50 bits per heavy atom. The number of hydrogen-bond acceptors (Lipinski definition) is 3. The number of hydrogen-bond donors (Lipinski definition) is 3. The van der Waals surface area contributed by atoms with Crippen LogP contribution in [0.25, 0.3) is 0 Å². The van der Waals surface area contributed by atoms with Crippen LogP contribution >= 0.6 is 0 Å². The molecule has 3 nitrogen and oxygen atoms in total. The van der Waals surface area contributed by atoms with Gasteiger partial charge in [-0.1, -0.05) is 0 Å². The SMILES string of the molecule is OC1CNC2(CC2)N1. The molecule has 0 aromatic rings. The molecule has 1 unspecified atom stereocenters. The molecule has 2 aliphatic rings. The second-order valence-corrected chi connectivity index (χ2v) is 2.62. The van der Waals surface area contributed by atoms with Crippen LogP contribution in [-0.2, 0) is 0 Å². The summed E-state index contributed by atoms with van der Waals surface area (Å²) >= 11 is 0. The van der Waals surface area contributed by atoms with E-state index in [1.807, 2.05) is 0 Å². The standard InChI is InChI=1S/C5H10N2O/c8-4-3-6-5(7-4)1-2-5/h4,6-8H,1-3H2. The van der Waals surface area contributed by atoms with Gasteiger partial charge in [0, 0.05) is 6.54 Å². The lowest BCUT2D eigenvalue weighted by Crippen LogP contribution is -2.35. The van der Waals surface area contributed by atoms with E-state index in [0.717, 1.165) is 0 Å². The summed E-state index contributed by atoms with van der Waals surface area (Å²) in [6.07, 6.45) is 2.03. The van der Waals surface area contributed by atoms with E-state index >= 15 is 0 Å². The molecule has 1 heterocycles. The Balaban J connectivity index is 2.03. The lowest BCUT2D eigenvalue weighted by Gasteiger charge is -2.04. The van der Waals surface area contributed by atoms with E-state index in [1.54, 1.807) is 0 Å². The van der Waals surface area contributed by atoms with Gasteiger partial charge in [0.1, 0.15) is 6.23 Å². The first-order valence-corrected chi connectivity index (χ1v) is 3.02. The number of β-amino-alcohol motifs (C(OH)–C–C–N with tert-alkyl or cyclic N) is 1. The van der Waals surface area contributed by atoms with Crippen LogP contribution in [0.15, 0.2) is 0 Å². The van der Waals surface area contributed by atoms with Crippen molar-refractivity contribution in [3.05, 3.63) is 0 Å². The van der Waals surface area contributed by atoms with Gasteiger partial charge in [0.25, 0.3) is 0 Å². The summed E-state index contributed by atoms with van der Waals surface area (Å²) in [5.41, 5.74) is 0.166. The summed E-state index contributed by atoms with van der Waals surface area (Å²) in [5, 5.41) is 15.2. The van der Waals surface area contributed by atoms with E-state index in [-0.39, 0.29) is 11.9 Å². The molecule has 46 valence electrons. The number of aliphatic hydroxyl groups excluding tert-OH is 1. The highest BCUT2D eigenvalue weighted by molar-refractivity contribution is 5.04. The second kappa shape index (κ2) is 1.23. The molecular weight excluding hydrogens is 104 g/mol. The Bertz CT molecular complexity index is 111. The number of nitrogens with one attached hydrogen (secondary N) is 2. The first-order valence-electron chi connectivity index (χ1n) is 3.02. The Kier molecular flexibility index (Phi) is 0.730. The maximum absolute atomic E-state index is 8.93. The maximum atomic E-state index is 8.93. The van der Waals surface area contributed by atoms with Gasteiger partial charge in [-0.2, -0.15) is 0 Å². The summed E-state index contributed by atoms with van der Waals surface area (Å²) < 4.78 is 0. The lowest BCUT2D eigenvalue weighted by molar-refractivity contribution is 0.164. The molecule has 0 bridgehead atoms. The summed E-state index contributed by atoms with van der Waals surface area (Å²) in [6, 6.07) is 0. The summed E-state index contributed by atoms with van der Waals surface area (Å²) in [7, 11) is 0. The van der Waals surface area contributed by atoms with Crippen molar-refractivity contribution >= 4 is 0 Å². The molecule has 3 N–H and O–H groups in total. The predicted octanol–water partition coefficient (Wildman–Crippen LogP) is -1.01. The fourth-order valence-electron chi connectivity index (χ4n) is 1.16. The fraction of sp³-hybridized carbons (Fsp3) is 1.00. The van der Waals surface area contributed by atoms with Gasteiger partial charge in [-0.05, 0) is 12.8 Å². The Labute approximate surface area is 48.1 Å². The quantitative estimate of drug-likeness (QED) is 0.378. The Hall–Kier alpha value is -0.120. The van der Waals surface area contributed by atoms with Gasteiger partial charge in [-0.15, -0.1) is 0 Å². The predicted molar refractivity (Wildman–Crippen MR) is 29.1 cm³/mol. The normalized spacial score (nSPS) is 40.9. The monoisotopic (exact) mass is 114 g/mol. The van der Waals surface area contributed by atoms with E-state index in [2.05, 4.69) is 10.6 Å². The molecule has 0 aromatic carbocycles. The molecule has 0 amide bonds. The first-order chi connectivity index (χ1) is 3.81. The molecule has 0 aromatic heterocycles. The van der Waals surface area contributed by atoms with Crippen LogP contribution < -0.4 is 10.6 Å². The van der Waals surface area contributed by atoms with Crippen LogP contribution in [-0.4, -0.2) is 23.5 Å². The largest absolute Gasteiger partial charge is 0.377 e. The van der Waals surface area contributed by atoms with Crippen molar-refractivity contribution in [3.8, 4) is 0 Å². The molecule has 2 rings (SSSR count). The Morgan fingerprint density at radius 1 is 1.50 bits per heavy atom. The van der Waals surface area contributed by atoms with Crippen LogP contribution in [0.2, 0.25) is 0 Å². The minimum Gasteiger partial charge on any atom is -0.377 e. The smallest absolute Gasteiger partial charge is 0.118 e. The molecule has 1 spiro atoms. The summed E-state index contributed by atoms with van der Waals surface area (Å²) in [4.78, 5) is 0.